The zero-order chi connectivity index (χ0) is 18.8. The summed E-state index contributed by atoms with van der Waals surface area (Å²) in [5.74, 6) is 1.33. The molecule has 3 aromatic rings. The van der Waals surface area contributed by atoms with E-state index >= 15 is 0 Å². The molecule has 0 spiro atoms. The fraction of sp³-hybridized carbons (Fsp3) is 0.444. The number of carbonyl (C=O) groups is 1. The highest BCUT2D eigenvalue weighted by molar-refractivity contribution is 5.77. The molecule has 0 saturated heterocycles. The van der Waals surface area contributed by atoms with Gasteiger partial charge >= 0.3 is 0 Å². The molecule has 8 nitrogen and oxygen atoms in total. The van der Waals surface area contributed by atoms with E-state index in [1.54, 1.807) is 6.92 Å². The van der Waals surface area contributed by atoms with Gasteiger partial charge in [-0.25, -0.2) is 4.98 Å². The van der Waals surface area contributed by atoms with Gasteiger partial charge in [-0.1, -0.05) is 5.16 Å². The largest absolute Gasteiger partial charge is 0.443 e. The van der Waals surface area contributed by atoms with Gasteiger partial charge in [0.15, 0.2) is 0 Å². The zero-order valence-corrected chi connectivity index (χ0v) is 15.4. The fourth-order valence-electron chi connectivity index (χ4n) is 2.93. The van der Waals surface area contributed by atoms with Crippen molar-refractivity contribution in [3.8, 4) is 0 Å². The van der Waals surface area contributed by atoms with E-state index in [-0.39, 0.29) is 24.4 Å². The second-order valence-corrected chi connectivity index (χ2v) is 6.36. The third-order valence-electron chi connectivity index (χ3n) is 4.61. The van der Waals surface area contributed by atoms with Gasteiger partial charge < -0.3 is 14.3 Å². The molecular formula is C18H22N4O4. The lowest BCUT2D eigenvalue weighted by Gasteiger charge is -2.07. The highest BCUT2D eigenvalue weighted by Crippen LogP contribution is 2.19. The Morgan fingerprint density at radius 2 is 2.00 bits per heavy atom. The summed E-state index contributed by atoms with van der Waals surface area (Å²) < 4.78 is 12.0. The molecule has 1 amide bonds. The predicted octanol–water partition coefficient (Wildman–Crippen LogP) is 1.96. The quantitative estimate of drug-likeness (QED) is 0.722. The Hall–Kier alpha value is -2.90. The van der Waals surface area contributed by atoms with Gasteiger partial charge in [0.1, 0.15) is 23.2 Å². The lowest BCUT2D eigenvalue weighted by molar-refractivity contribution is -0.121. The number of carbonyl (C=O) groups excluding carboxylic acids is 1. The second-order valence-electron chi connectivity index (χ2n) is 6.36. The smallest absolute Gasteiger partial charge is 0.264 e. The van der Waals surface area contributed by atoms with E-state index in [4.69, 9.17) is 8.94 Å². The van der Waals surface area contributed by atoms with Crippen molar-refractivity contribution in [3.63, 3.8) is 0 Å². The van der Waals surface area contributed by atoms with E-state index in [2.05, 4.69) is 15.5 Å². The third kappa shape index (κ3) is 3.40. The molecule has 0 fully saturated rings. The number of aryl methyl sites for hydroxylation is 5. The third-order valence-corrected chi connectivity index (χ3v) is 4.61. The highest BCUT2D eigenvalue weighted by Gasteiger charge is 2.14. The molecule has 3 aromatic heterocycles. The molecule has 0 radical (unpaired) electrons. The van der Waals surface area contributed by atoms with Gasteiger partial charge in [0, 0.05) is 30.6 Å². The first-order chi connectivity index (χ1) is 12.4. The number of hydrogen-bond acceptors (Lipinski definition) is 6. The first-order valence-corrected chi connectivity index (χ1v) is 8.52. The van der Waals surface area contributed by atoms with Gasteiger partial charge in [0.25, 0.3) is 5.56 Å². The van der Waals surface area contributed by atoms with Crippen LogP contribution in [0.2, 0.25) is 0 Å². The maximum atomic E-state index is 12.5. The van der Waals surface area contributed by atoms with Gasteiger partial charge in [0.2, 0.25) is 11.6 Å². The molecule has 0 aliphatic heterocycles. The predicted molar refractivity (Wildman–Crippen MR) is 95.1 cm³/mol. The highest BCUT2D eigenvalue weighted by atomic mass is 16.5. The van der Waals surface area contributed by atoms with Crippen LogP contribution in [0.1, 0.15) is 34.8 Å². The molecule has 1 N–H and O–H groups in total. The molecule has 3 rings (SSSR count). The van der Waals surface area contributed by atoms with Crippen LogP contribution in [0.25, 0.3) is 11.1 Å². The summed E-state index contributed by atoms with van der Waals surface area (Å²) in [5.41, 5.74) is 2.80. The number of rotatable bonds is 6. The first-order valence-electron chi connectivity index (χ1n) is 8.52. The summed E-state index contributed by atoms with van der Waals surface area (Å²) in [5, 5.41) is 7.22. The van der Waals surface area contributed by atoms with Crippen molar-refractivity contribution in [3.05, 3.63) is 45.0 Å². The van der Waals surface area contributed by atoms with Crippen molar-refractivity contribution in [1.82, 2.24) is 20.0 Å². The Morgan fingerprint density at radius 1 is 1.23 bits per heavy atom. The number of aromatic nitrogens is 3. The molecular weight excluding hydrogens is 336 g/mol. The van der Waals surface area contributed by atoms with E-state index in [0.29, 0.717) is 29.8 Å². The summed E-state index contributed by atoms with van der Waals surface area (Å²) in [6, 6.07) is 0. The molecule has 0 aromatic carbocycles. The van der Waals surface area contributed by atoms with Crippen molar-refractivity contribution in [2.75, 3.05) is 6.54 Å². The topological polar surface area (TPSA) is 103 Å². The molecule has 0 atom stereocenters. The molecule has 0 aliphatic rings. The van der Waals surface area contributed by atoms with E-state index in [1.165, 1.54) is 10.9 Å². The van der Waals surface area contributed by atoms with Crippen LogP contribution in [0.3, 0.4) is 0 Å². The number of nitrogens with one attached hydrogen (secondary N) is 1. The van der Waals surface area contributed by atoms with E-state index in [9.17, 15) is 9.59 Å². The molecule has 8 heteroatoms. The minimum Gasteiger partial charge on any atom is -0.443 e. The van der Waals surface area contributed by atoms with Gasteiger partial charge in [-0.15, -0.1) is 0 Å². The van der Waals surface area contributed by atoms with Crippen LogP contribution in [-0.4, -0.2) is 27.2 Å². The van der Waals surface area contributed by atoms with E-state index < -0.39 is 0 Å². The van der Waals surface area contributed by atoms with Gasteiger partial charge in [0.05, 0.1) is 5.69 Å². The number of hydrogen-bond donors (Lipinski definition) is 1. The van der Waals surface area contributed by atoms with Crippen molar-refractivity contribution in [2.24, 2.45) is 0 Å². The normalized spacial score (nSPS) is 11.2. The van der Waals surface area contributed by atoms with Crippen molar-refractivity contribution < 1.29 is 13.7 Å². The summed E-state index contributed by atoms with van der Waals surface area (Å²) >= 11 is 0. The number of nitrogens with zero attached hydrogens (tertiary/aromatic N) is 3. The zero-order valence-electron chi connectivity index (χ0n) is 15.4. The van der Waals surface area contributed by atoms with Crippen LogP contribution in [0.5, 0.6) is 0 Å². The Bertz CT molecular complexity index is 993. The Kier molecular flexibility index (Phi) is 4.92. The van der Waals surface area contributed by atoms with Crippen LogP contribution >= 0.6 is 0 Å². The number of amides is 1. The fourth-order valence-corrected chi connectivity index (χ4v) is 2.93. The molecule has 0 saturated carbocycles. The summed E-state index contributed by atoms with van der Waals surface area (Å²) in [7, 11) is 0. The Balaban J connectivity index is 1.58. The van der Waals surface area contributed by atoms with E-state index in [1.807, 2.05) is 20.8 Å². The lowest BCUT2D eigenvalue weighted by Crippen LogP contribution is -2.29. The Labute approximate surface area is 150 Å². The minimum absolute atomic E-state index is 0.121. The lowest BCUT2D eigenvalue weighted by atomic mass is 10.1. The maximum Gasteiger partial charge on any atom is 0.264 e. The summed E-state index contributed by atoms with van der Waals surface area (Å²) in [6.45, 7) is 8.12. The molecule has 3 heterocycles. The van der Waals surface area contributed by atoms with Crippen LogP contribution in [0, 0.1) is 27.7 Å². The minimum atomic E-state index is -0.187. The van der Waals surface area contributed by atoms with Crippen LogP contribution in [-0.2, 0) is 17.8 Å². The van der Waals surface area contributed by atoms with Crippen molar-refractivity contribution in [2.45, 2.75) is 47.1 Å². The second kappa shape index (κ2) is 7.15. The van der Waals surface area contributed by atoms with Crippen molar-refractivity contribution >= 4 is 17.0 Å². The monoisotopic (exact) mass is 358 g/mol. The van der Waals surface area contributed by atoms with Gasteiger partial charge in [-0.05, 0) is 34.1 Å². The molecule has 138 valence electrons. The number of furan rings is 1. The molecule has 0 unspecified atom stereocenters. The molecule has 0 aliphatic carbocycles. The standard InChI is InChI=1S/C18H22N4O4/c1-10-12(3)25-17-16(10)18(24)22(9-20-17)8-6-15(23)19-7-5-14-11(2)21-26-13(14)4/h9H,5-8H2,1-4H3,(H,19,23). The molecule has 26 heavy (non-hydrogen) atoms. The average molecular weight is 358 g/mol. The molecule has 0 bridgehead atoms. The average Bonchev–Trinajstić information content (AvgIpc) is 3.07. The Morgan fingerprint density at radius 3 is 2.69 bits per heavy atom. The first kappa shape index (κ1) is 17.9. The van der Waals surface area contributed by atoms with Crippen molar-refractivity contribution in [1.29, 1.82) is 0 Å². The van der Waals surface area contributed by atoms with Crippen LogP contribution < -0.4 is 10.9 Å². The van der Waals surface area contributed by atoms with Gasteiger partial charge in [-0.2, -0.15) is 0 Å². The number of fused-ring (bicyclic) bond motifs is 1. The van der Waals surface area contributed by atoms with Gasteiger partial charge in [-0.3, -0.25) is 14.2 Å². The summed E-state index contributed by atoms with van der Waals surface area (Å²) in [6.07, 6.45) is 2.28. The maximum absolute atomic E-state index is 12.5. The SMILES string of the molecule is Cc1noc(C)c1CCNC(=O)CCn1cnc2oc(C)c(C)c2c1=O. The van der Waals surface area contributed by atoms with Crippen LogP contribution in [0.15, 0.2) is 20.1 Å². The van der Waals surface area contributed by atoms with E-state index in [0.717, 1.165) is 22.6 Å². The summed E-state index contributed by atoms with van der Waals surface area (Å²) in [4.78, 5) is 28.8. The van der Waals surface area contributed by atoms with Crippen LogP contribution in [0.4, 0.5) is 0 Å².